The van der Waals surface area contributed by atoms with Gasteiger partial charge in [0.2, 0.25) is 5.91 Å². The number of carbonyl (C=O) groups is 1. The highest BCUT2D eigenvalue weighted by Crippen LogP contribution is 2.32. The second-order valence-corrected chi connectivity index (χ2v) is 6.98. The van der Waals surface area contributed by atoms with Crippen LogP contribution in [0.3, 0.4) is 0 Å². The first kappa shape index (κ1) is 16.6. The number of hydrogen-bond donors (Lipinski definition) is 1. The van der Waals surface area contributed by atoms with Gasteiger partial charge in [-0.05, 0) is 52.7 Å². The number of benzene rings is 1. The first-order valence-corrected chi connectivity index (χ1v) is 8.11. The van der Waals surface area contributed by atoms with E-state index in [-0.39, 0.29) is 5.91 Å². The molecule has 0 saturated heterocycles. The molecule has 1 aromatic heterocycles. The van der Waals surface area contributed by atoms with Crippen LogP contribution in [0.5, 0.6) is 11.5 Å². The van der Waals surface area contributed by atoms with E-state index in [9.17, 15) is 4.79 Å². The van der Waals surface area contributed by atoms with Gasteiger partial charge in [0.1, 0.15) is 0 Å². The predicted octanol–water partition coefficient (Wildman–Crippen LogP) is 4.49. The Balaban J connectivity index is 2.12. The van der Waals surface area contributed by atoms with E-state index in [1.54, 1.807) is 37.7 Å². The van der Waals surface area contributed by atoms with Crippen LogP contribution in [0, 0.1) is 6.92 Å². The first-order valence-electron chi connectivity index (χ1n) is 6.50. The first-order chi connectivity index (χ1) is 10.5. The van der Waals surface area contributed by atoms with Crippen molar-refractivity contribution in [2.75, 3.05) is 19.5 Å². The van der Waals surface area contributed by atoms with Crippen LogP contribution in [0.1, 0.15) is 10.4 Å². The Bertz CT molecular complexity index is 709. The lowest BCUT2D eigenvalue weighted by molar-refractivity contribution is -0.111. The average Bonchev–Trinajstić information content (AvgIpc) is 2.92. The summed E-state index contributed by atoms with van der Waals surface area (Å²) < 4.78 is 11.5. The largest absolute Gasteiger partial charge is 0.493 e. The smallest absolute Gasteiger partial charge is 0.248 e. The minimum absolute atomic E-state index is 0.195. The standard InChI is InChI=1S/C16H16BrNO3S/c1-10-8-13(20-2)14(21-3)9-12(10)18-16(19)7-5-11-4-6-15(17)22-11/h4-9H,1-3H3,(H,18,19). The molecule has 22 heavy (non-hydrogen) atoms. The summed E-state index contributed by atoms with van der Waals surface area (Å²) in [7, 11) is 3.14. The fourth-order valence-electron chi connectivity index (χ4n) is 1.87. The number of amides is 1. The molecule has 0 aliphatic carbocycles. The molecule has 0 bridgehead atoms. The van der Waals surface area contributed by atoms with E-state index >= 15 is 0 Å². The molecule has 1 heterocycles. The molecule has 116 valence electrons. The Morgan fingerprint density at radius 3 is 2.50 bits per heavy atom. The highest BCUT2D eigenvalue weighted by atomic mass is 79.9. The molecule has 0 radical (unpaired) electrons. The third-order valence-corrected chi connectivity index (χ3v) is 4.57. The van der Waals surface area contributed by atoms with E-state index in [4.69, 9.17) is 9.47 Å². The summed E-state index contributed by atoms with van der Waals surface area (Å²) in [6.07, 6.45) is 3.29. The molecule has 0 aliphatic heterocycles. The number of carbonyl (C=O) groups excluding carboxylic acids is 1. The van der Waals surface area contributed by atoms with Crippen LogP contribution in [0.2, 0.25) is 0 Å². The maximum atomic E-state index is 12.0. The Labute approximate surface area is 141 Å². The lowest BCUT2D eigenvalue weighted by Gasteiger charge is -2.12. The highest BCUT2D eigenvalue weighted by molar-refractivity contribution is 9.11. The van der Waals surface area contributed by atoms with Gasteiger partial charge in [0.15, 0.2) is 11.5 Å². The summed E-state index contributed by atoms with van der Waals surface area (Å²) in [4.78, 5) is 13.0. The van der Waals surface area contributed by atoms with Gasteiger partial charge in [0.05, 0.1) is 18.0 Å². The van der Waals surface area contributed by atoms with E-state index < -0.39 is 0 Å². The van der Waals surface area contributed by atoms with Gasteiger partial charge in [-0.1, -0.05) is 0 Å². The van der Waals surface area contributed by atoms with Gasteiger partial charge in [-0.15, -0.1) is 11.3 Å². The predicted molar refractivity (Wildman–Crippen MR) is 94.0 cm³/mol. The second kappa shape index (κ2) is 7.47. The van der Waals surface area contributed by atoms with Gasteiger partial charge in [-0.25, -0.2) is 0 Å². The van der Waals surface area contributed by atoms with Crippen molar-refractivity contribution in [3.8, 4) is 11.5 Å². The maximum Gasteiger partial charge on any atom is 0.248 e. The lowest BCUT2D eigenvalue weighted by Crippen LogP contribution is -2.09. The molecule has 1 amide bonds. The van der Waals surface area contributed by atoms with Gasteiger partial charge >= 0.3 is 0 Å². The molecule has 0 atom stereocenters. The minimum atomic E-state index is -0.195. The number of methoxy groups -OCH3 is 2. The van der Waals surface area contributed by atoms with Crippen molar-refractivity contribution in [1.29, 1.82) is 0 Å². The SMILES string of the molecule is COc1cc(C)c(NC(=O)C=Cc2ccc(Br)s2)cc1OC. The molecule has 4 nitrogen and oxygen atoms in total. The van der Waals surface area contributed by atoms with Gasteiger partial charge in [-0.2, -0.15) is 0 Å². The summed E-state index contributed by atoms with van der Waals surface area (Å²) >= 11 is 4.95. The van der Waals surface area contributed by atoms with Crippen LogP contribution in [-0.4, -0.2) is 20.1 Å². The van der Waals surface area contributed by atoms with Crippen molar-refractivity contribution >= 4 is 44.9 Å². The van der Waals surface area contributed by atoms with Crippen molar-refractivity contribution in [3.63, 3.8) is 0 Å². The van der Waals surface area contributed by atoms with Crippen LogP contribution in [0.15, 0.2) is 34.1 Å². The van der Waals surface area contributed by atoms with Crippen LogP contribution in [0.25, 0.3) is 6.08 Å². The normalized spacial score (nSPS) is 10.7. The highest BCUT2D eigenvalue weighted by Gasteiger charge is 2.09. The molecule has 0 aliphatic rings. The third-order valence-electron chi connectivity index (χ3n) is 2.98. The molecule has 0 unspecified atom stereocenters. The van der Waals surface area contributed by atoms with Crippen LogP contribution in [-0.2, 0) is 4.79 Å². The fraction of sp³-hybridized carbons (Fsp3) is 0.188. The van der Waals surface area contributed by atoms with Crippen LogP contribution in [0.4, 0.5) is 5.69 Å². The van der Waals surface area contributed by atoms with Gasteiger partial charge < -0.3 is 14.8 Å². The topological polar surface area (TPSA) is 47.6 Å². The lowest BCUT2D eigenvalue weighted by atomic mass is 10.1. The average molecular weight is 382 g/mol. The Hall–Kier alpha value is -1.79. The third kappa shape index (κ3) is 4.11. The molecule has 0 spiro atoms. The number of halogens is 1. The number of hydrogen-bond acceptors (Lipinski definition) is 4. The second-order valence-electron chi connectivity index (χ2n) is 4.49. The summed E-state index contributed by atoms with van der Waals surface area (Å²) in [6, 6.07) is 7.47. The van der Waals surface area contributed by atoms with Crippen molar-refractivity contribution in [3.05, 3.63) is 44.6 Å². The number of nitrogens with one attached hydrogen (secondary N) is 1. The minimum Gasteiger partial charge on any atom is -0.493 e. The molecular weight excluding hydrogens is 366 g/mol. The molecular formula is C16H16BrNO3S. The number of thiophene rings is 1. The van der Waals surface area contributed by atoms with E-state index in [0.717, 1.165) is 14.2 Å². The molecule has 2 rings (SSSR count). The van der Waals surface area contributed by atoms with Gasteiger partial charge in [-0.3, -0.25) is 4.79 Å². The zero-order valence-electron chi connectivity index (χ0n) is 12.5. The van der Waals surface area contributed by atoms with Gasteiger partial charge in [0, 0.05) is 22.7 Å². The molecule has 6 heteroatoms. The quantitative estimate of drug-likeness (QED) is 0.776. The zero-order valence-corrected chi connectivity index (χ0v) is 14.9. The van der Waals surface area contributed by atoms with Crippen molar-refractivity contribution < 1.29 is 14.3 Å². The fourth-order valence-corrected chi connectivity index (χ4v) is 3.19. The molecule has 0 fully saturated rings. The number of ether oxygens (including phenoxy) is 2. The molecule has 1 aromatic carbocycles. The maximum absolute atomic E-state index is 12.0. The van der Waals surface area contributed by atoms with Gasteiger partial charge in [0.25, 0.3) is 0 Å². The van der Waals surface area contributed by atoms with E-state index in [0.29, 0.717) is 17.2 Å². The van der Waals surface area contributed by atoms with Crippen LogP contribution < -0.4 is 14.8 Å². The summed E-state index contributed by atoms with van der Waals surface area (Å²) in [6.45, 7) is 1.90. The van der Waals surface area contributed by atoms with Crippen LogP contribution >= 0.6 is 27.3 Å². The molecule has 0 saturated carbocycles. The molecule has 2 aromatic rings. The number of anilines is 1. The van der Waals surface area contributed by atoms with E-state index in [2.05, 4.69) is 21.2 Å². The summed E-state index contributed by atoms with van der Waals surface area (Å²) in [5.41, 5.74) is 1.60. The number of aryl methyl sites for hydroxylation is 1. The Morgan fingerprint density at radius 2 is 1.91 bits per heavy atom. The summed E-state index contributed by atoms with van der Waals surface area (Å²) in [5, 5.41) is 2.84. The van der Waals surface area contributed by atoms with Crippen molar-refractivity contribution in [2.24, 2.45) is 0 Å². The summed E-state index contributed by atoms with van der Waals surface area (Å²) in [5.74, 6) is 1.02. The Kier molecular flexibility index (Phi) is 5.63. The zero-order chi connectivity index (χ0) is 16.1. The van der Waals surface area contributed by atoms with E-state index in [1.807, 2.05) is 25.1 Å². The Morgan fingerprint density at radius 1 is 1.23 bits per heavy atom. The van der Waals surface area contributed by atoms with Crippen molar-refractivity contribution in [2.45, 2.75) is 6.92 Å². The van der Waals surface area contributed by atoms with E-state index in [1.165, 1.54) is 6.08 Å². The van der Waals surface area contributed by atoms with Crippen molar-refractivity contribution in [1.82, 2.24) is 0 Å². The monoisotopic (exact) mass is 381 g/mol. The molecule has 1 N–H and O–H groups in total. The number of rotatable bonds is 5.